The fraction of sp³-hybridized carbons (Fsp3) is 0.600. The maximum atomic E-state index is 12.4. The second-order valence-electron chi connectivity index (χ2n) is 5.97. The van der Waals surface area contributed by atoms with Gasteiger partial charge in [0, 0.05) is 25.1 Å². The predicted molar refractivity (Wildman–Crippen MR) is 81.1 cm³/mol. The molecule has 0 aliphatic carbocycles. The molecule has 8 heteroatoms. The van der Waals surface area contributed by atoms with Crippen LogP contribution in [-0.4, -0.2) is 64.6 Å². The van der Waals surface area contributed by atoms with Gasteiger partial charge in [-0.1, -0.05) is 0 Å². The van der Waals surface area contributed by atoms with Crippen molar-refractivity contribution in [1.82, 2.24) is 19.8 Å². The van der Waals surface area contributed by atoms with Crippen LogP contribution in [0.25, 0.3) is 0 Å². The predicted octanol–water partition coefficient (Wildman–Crippen LogP) is 0.237. The minimum atomic E-state index is -0.432. The van der Waals surface area contributed by atoms with Crippen molar-refractivity contribution in [3.63, 3.8) is 0 Å². The number of amides is 2. The summed E-state index contributed by atoms with van der Waals surface area (Å²) in [6, 6.07) is 1.50. The van der Waals surface area contributed by atoms with Crippen LogP contribution in [0.2, 0.25) is 0 Å². The van der Waals surface area contributed by atoms with Crippen LogP contribution in [-0.2, 0) is 9.53 Å². The molecule has 3 rings (SSSR count). The number of piperidine rings is 1. The van der Waals surface area contributed by atoms with E-state index >= 15 is 0 Å². The number of likely N-dealkylation sites (tertiary alicyclic amines) is 1. The first kappa shape index (κ1) is 15.5. The molecule has 0 aromatic carbocycles. The molecule has 2 aliphatic heterocycles. The molecule has 0 radical (unpaired) electrons. The summed E-state index contributed by atoms with van der Waals surface area (Å²) in [6.07, 6.45) is 1.32. The van der Waals surface area contributed by atoms with E-state index in [-0.39, 0.29) is 23.9 Å². The first-order valence-electron chi connectivity index (χ1n) is 7.80. The van der Waals surface area contributed by atoms with Crippen LogP contribution >= 0.6 is 0 Å². The second kappa shape index (κ2) is 6.39. The lowest BCUT2D eigenvalue weighted by Crippen LogP contribution is -2.45. The van der Waals surface area contributed by atoms with Crippen molar-refractivity contribution >= 4 is 12.0 Å². The summed E-state index contributed by atoms with van der Waals surface area (Å²) in [4.78, 5) is 45.6. The highest BCUT2D eigenvalue weighted by molar-refractivity contribution is 5.83. The van der Waals surface area contributed by atoms with Gasteiger partial charge in [-0.15, -0.1) is 0 Å². The lowest BCUT2D eigenvalue weighted by Gasteiger charge is -2.33. The quantitative estimate of drug-likeness (QED) is 0.860. The number of aromatic nitrogens is 2. The van der Waals surface area contributed by atoms with E-state index in [1.165, 1.54) is 11.0 Å². The van der Waals surface area contributed by atoms with E-state index in [0.29, 0.717) is 32.1 Å². The summed E-state index contributed by atoms with van der Waals surface area (Å²) < 4.78 is 4.84. The maximum absolute atomic E-state index is 12.4. The van der Waals surface area contributed by atoms with Crippen molar-refractivity contribution in [2.45, 2.75) is 25.7 Å². The van der Waals surface area contributed by atoms with E-state index < -0.39 is 6.09 Å². The monoisotopic (exact) mass is 320 g/mol. The van der Waals surface area contributed by atoms with Crippen LogP contribution in [0, 0.1) is 6.92 Å². The molecule has 2 aliphatic rings. The fourth-order valence-electron chi connectivity index (χ4n) is 3.09. The van der Waals surface area contributed by atoms with Crippen LogP contribution in [0.1, 0.15) is 30.3 Å². The van der Waals surface area contributed by atoms with E-state index in [4.69, 9.17) is 4.74 Å². The highest BCUT2D eigenvalue weighted by Crippen LogP contribution is 2.25. The van der Waals surface area contributed by atoms with Crippen LogP contribution in [0.5, 0.6) is 0 Å². The van der Waals surface area contributed by atoms with Crippen LogP contribution < -0.4 is 5.56 Å². The third-order valence-electron chi connectivity index (χ3n) is 4.24. The lowest BCUT2D eigenvalue weighted by molar-refractivity contribution is -0.132. The van der Waals surface area contributed by atoms with Crippen molar-refractivity contribution in [3.8, 4) is 0 Å². The van der Waals surface area contributed by atoms with Gasteiger partial charge in [0.25, 0.3) is 5.56 Å². The standard InChI is InChI=1S/C15H20N4O4/c1-10-16-12(7-13(20)17-10)11-3-2-4-18(8-11)14(21)9-19-5-6-23-15(19)22/h7,11H,2-6,8-9H2,1H3,(H,16,17,20). The summed E-state index contributed by atoms with van der Waals surface area (Å²) in [7, 11) is 0. The SMILES string of the molecule is Cc1nc(C2CCCN(C(=O)CN3CCOC3=O)C2)cc(=O)[nH]1. The zero-order valence-electron chi connectivity index (χ0n) is 13.1. The molecule has 2 fully saturated rings. The molecule has 1 atom stereocenters. The number of nitrogens with zero attached hydrogens (tertiary/aromatic N) is 3. The first-order valence-corrected chi connectivity index (χ1v) is 7.80. The second-order valence-corrected chi connectivity index (χ2v) is 5.97. The Bertz CT molecular complexity index is 672. The summed E-state index contributed by atoms with van der Waals surface area (Å²) in [5, 5.41) is 0. The normalized spacial score (nSPS) is 21.4. The van der Waals surface area contributed by atoms with Gasteiger partial charge < -0.3 is 14.6 Å². The Kier molecular flexibility index (Phi) is 4.31. The third-order valence-corrected chi connectivity index (χ3v) is 4.24. The van der Waals surface area contributed by atoms with E-state index in [9.17, 15) is 14.4 Å². The molecule has 0 saturated carbocycles. The summed E-state index contributed by atoms with van der Waals surface area (Å²) in [5.74, 6) is 0.546. The molecule has 0 bridgehead atoms. The Morgan fingerprint density at radius 3 is 2.96 bits per heavy atom. The van der Waals surface area contributed by atoms with Crippen molar-refractivity contribution < 1.29 is 14.3 Å². The van der Waals surface area contributed by atoms with Crippen LogP contribution in [0.15, 0.2) is 10.9 Å². The first-order chi connectivity index (χ1) is 11.0. The maximum Gasteiger partial charge on any atom is 0.410 e. The summed E-state index contributed by atoms with van der Waals surface area (Å²) in [5.41, 5.74) is 0.556. The zero-order chi connectivity index (χ0) is 16.4. The molecule has 0 spiro atoms. The number of nitrogens with one attached hydrogen (secondary N) is 1. The minimum absolute atomic E-state index is 0.0490. The van der Waals surface area contributed by atoms with E-state index in [1.54, 1.807) is 11.8 Å². The number of aromatic amines is 1. The topological polar surface area (TPSA) is 95.6 Å². The highest BCUT2D eigenvalue weighted by atomic mass is 16.6. The van der Waals surface area contributed by atoms with Crippen molar-refractivity contribution in [1.29, 1.82) is 0 Å². The van der Waals surface area contributed by atoms with Crippen molar-refractivity contribution in [2.75, 3.05) is 32.8 Å². The number of cyclic esters (lactones) is 1. The van der Waals surface area contributed by atoms with Crippen molar-refractivity contribution in [3.05, 3.63) is 27.9 Å². The van der Waals surface area contributed by atoms with Gasteiger partial charge in [-0.25, -0.2) is 9.78 Å². The number of hydrogen-bond donors (Lipinski definition) is 1. The van der Waals surface area contributed by atoms with Gasteiger partial charge in [0.2, 0.25) is 5.91 Å². The number of ether oxygens (including phenoxy) is 1. The van der Waals surface area contributed by atoms with E-state index in [0.717, 1.165) is 18.5 Å². The van der Waals surface area contributed by atoms with Crippen molar-refractivity contribution in [2.24, 2.45) is 0 Å². The molecule has 3 heterocycles. The number of rotatable bonds is 3. The fourth-order valence-corrected chi connectivity index (χ4v) is 3.09. The van der Waals surface area contributed by atoms with Gasteiger partial charge in [-0.3, -0.25) is 14.5 Å². The molecule has 1 unspecified atom stereocenters. The Balaban J connectivity index is 1.66. The Hall–Kier alpha value is -2.38. The molecule has 8 nitrogen and oxygen atoms in total. The largest absolute Gasteiger partial charge is 0.448 e. The number of aryl methyl sites for hydroxylation is 1. The van der Waals surface area contributed by atoms with Gasteiger partial charge in [-0.05, 0) is 19.8 Å². The Labute approximate surface area is 133 Å². The molecular weight excluding hydrogens is 300 g/mol. The minimum Gasteiger partial charge on any atom is -0.448 e. The zero-order valence-corrected chi connectivity index (χ0v) is 13.1. The van der Waals surface area contributed by atoms with Gasteiger partial charge in [-0.2, -0.15) is 0 Å². The average Bonchev–Trinajstić information content (AvgIpc) is 2.91. The molecule has 2 saturated heterocycles. The molecule has 2 amide bonds. The van der Waals surface area contributed by atoms with Gasteiger partial charge in [0.1, 0.15) is 19.0 Å². The number of carbonyl (C=O) groups is 2. The molecule has 23 heavy (non-hydrogen) atoms. The summed E-state index contributed by atoms with van der Waals surface area (Å²) >= 11 is 0. The molecule has 1 aromatic rings. The third kappa shape index (κ3) is 3.52. The Morgan fingerprint density at radius 2 is 2.26 bits per heavy atom. The van der Waals surface area contributed by atoms with Gasteiger partial charge in [0.05, 0.1) is 12.2 Å². The van der Waals surface area contributed by atoms with Crippen LogP contribution in [0.4, 0.5) is 4.79 Å². The Morgan fingerprint density at radius 1 is 1.43 bits per heavy atom. The van der Waals surface area contributed by atoms with E-state index in [2.05, 4.69) is 9.97 Å². The molecule has 124 valence electrons. The van der Waals surface area contributed by atoms with Gasteiger partial charge in [0.15, 0.2) is 0 Å². The average molecular weight is 320 g/mol. The lowest BCUT2D eigenvalue weighted by atomic mass is 9.94. The van der Waals surface area contributed by atoms with Gasteiger partial charge >= 0.3 is 6.09 Å². The molecular formula is C15H20N4O4. The number of hydrogen-bond acceptors (Lipinski definition) is 5. The molecule has 1 aromatic heterocycles. The number of carbonyl (C=O) groups excluding carboxylic acids is 2. The smallest absolute Gasteiger partial charge is 0.410 e. The summed E-state index contributed by atoms with van der Waals surface area (Å²) in [6.45, 7) is 3.78. The van der Waals surface area contributed by atoms with Crippen LogP contribution in [0.3, 0.4) is 0 Å². The highest BCUT2D eigenvalue weighted by Gasteiger charge is 2.30. The number of H-pyrrole nitrogens is 1. The van der Waals surface area contributed by atoms with E-state index in [1.807, 2.05) is 0 Å². The molecule has 1 N–H and O–H groups in total.